The summed E-state index contributed by atoms with van der Waals surface area (Å²) in [7, 11) is 0. The lowest BCUT2D eigenvalue weighted by Crippen LogP contribution is -2.31. The number of benzene rings is 1. The smallest absolute Gasteiger partial charge is 0.186 e. The molecule has 0 atom stereocenters. The minimum atomic E-state index is 0.767. The van der Waals surface area contributed by atoms with Crippen molar-refractivity contribution in [3.05, 3.63) is 62.8 Å². The molecule has 0 fully saturated rings. The summed E-state index contributed by atoms with van der Waals surface area (Å²) in [4.78, 5) is 2.31. The first-order chi connectivity index (χ1) is 12.3. The minimum Gasteiger partial charge on any atom is -0.350 e. The van der Waals surface area contributed by atoms with E-state index in [-0.39, 0.29) is 0 Å². The van der Waals surface area contributed by atoms with E-state index in [2.05, 4.69) is 54.6 Å². The van der Waals surface area contributed by atoms with Crippen LogP contribution in [0.5, 0.6) is 0 Å². The zero-order valence-corrected chi connectivity index (χ0v) is 15.7. The zero-order chi connectivity index (χ0) is 16.8. The molecule has 0 bridgehead atoms. The van der Waals surface area contributed by atoms with Crippen molar-refractivity contribution in [3.8, 4) is 11.4 Å². The molecule has 0 aliphatic carbocycles. The maximum Gasteiger partial charge on any atom is 0.186 e. The highest BCUT2D eigenvalue weighted by molar-refractivity contribution is 9.10. The zero-order valence-electron chi connectivity index (χ0n) is 13.3. The van der Waals surface area contributed by atoms with E-state index < -0.39 is 0 Å². The summed E-state index contributed by atoms with van der Waals surface area (Å²) in [6.07, 6.45) is 1.02. The number of fused-ring (bicyclic) bond motifs is 2. The van der Waals surface area contributed by atoms with Gasteiger partial charge in [-0.2, -0.15) is 15.9 Å². The first kappa shape index (κ1) is 15.0. The van der Waals surface area contributed by atoms with E-state index in [1.807, 2.05) is 28.1 Å². The highest BCUT2D eigenvalue weighted by Crippen LogP contribution is 2.29. The second-order valence-corrected chi connectivity index (χ2v) is 7.68. The Morgan fingerprint density at radius 2 is 2.04 bits per heavy atom. The highest BCUT2D eigenvalue weighted by Gasteiger charge is 2.20. The van der Waals surface area contributed by atoms with Gasteiger partial charge < -0.3 is 4.90 Å². The Morgan fingerprint density at radius 3 is 2.92 bits per heavy atom. The van der Waals surface area contributed by atoms with Crippen molar-refractivity contribution in [3.63, 3.8) is 0 Å². The molecule has 4 aromatic rings. The molecule has 5 rings (SSSR count). The molecule has 0 saturated heterocycles. The molecule has 1 aliphatic heterocycles. The molecular formula is C18H14BrN5S. The van der Waals surface area contributed by atoms with Gasteiger partial charge in [-0.05, 0) is 47.2 Å². The SMILES string of the molecule is Brc1cccc2c1CN(c1ccc3nnc(-c4ccsc4)n3n1)CC2. The van der Waals surface area contributed by atoms with Crippen molar-refractivity contribution in [2.24, 2.45) is 0 Å². The second kappa shape index (κ2) is 5.93. The fourth-order valence-corrected chi connectivity index (χ4v) is 4.42. The maximum absolute atomic E-state index is 4.82. The number of hydrogen-bond acceptors (Lipinski definition) is 5. The number of anilines is 1. The Labute approximate surface area is 157 Å². The van der Waals surface area contributed by atoms with Crippen LogP contribution in [0, 0.1) is 0 Å². The molecule has 0 N–H and O–H groups in total. The lowest BCUT2D eigenvalue weighted by molar-refractivity contribution is 0.706. The Bertz CT molecular complexity index is 1060. The van der Waals surface area contributed by atoms with Crippen LogP contribution in [0.1, 0.15) is 11.1 Å². The minimum absolute atomic E-state index is 0.767. The first-order valence-electron chi connectivity index (χ1n) is 8.06. The summed E-state index contributed by atoms with van der Waals surface area (Å²) < 4.78 is 3.01. The van der Waals surface area contributed by atoms with Gasteiger partial charge in [0.2, 0.25) is 0 Å². The number of thiophene rings is 1. The van der Waals surface area contributed by atoms with Crippen LogP contribution >= 0.6 is 27.3 Å². The molecule has 4 heterocycles. The van der Waals surface area contributed by atoms with Crippen molar-refractivity contribution in [2.45, 2.75) is 13.0 Å². The predicted octanol–water partition coefficient (Wildman–Crippen LogP) is 4.18. The molecule has 25 heavy (non-hydrogen) atoms. The molecule has 3 aromatic heterocycles. The number of nitrogens with zero attached hydrogens (tertiary/aromatic N) is 5. The Hall–Kier alpha value is -2.25. The van der Waals surface area contributed by atoms with E-state index in [0.717, 1.165) is 42.4 Å². The molecule has 0 amide bonds. The quantitative estimate of drug-likeness (QED) is 0.496. The van der Waals surface area contributed by atoms with Gasteiger partial charge in [0.25, 0.3) is 0 Å². The summed E-state index contributed by atoms with van der Waals surface area (Å²) in [5.74, 6) is 1.74. The lowest BCUT2D eigenvalue weighted by atomic mass is 10.00. The summed E-state index contributed by atoms with van der Waals surface area (Å²) >= 11 is 5.33. The number of hydrogen-bond donors (Lipinski definition) is 0. The van der Waals surface area contributed by atoms with E-state index in [4.69, 9.17) is 5.10 Å². The standard InChI is InChI=1S/C18H14BrN5S/c19-15-3-1-2-12-6-8-23(10-14(12)15)17-5-4-16-20-21-18(24(16)22-17)13-7-9-25-11-13/h1-5,7,9,11H,6,8,10H2. The third-order valence-electron chi connectivity index (χ3n) is 4.57. The van der Waals surface area contributed by atoms with E-state index in [0.29, 0.717) is 0 Å². The topological polar surface area (TPSA) is 46.3 Å². The van der Waals surface area contributed by atoms with Crippen molar-refractivity contribution >= 4 is 38.7 Å². The largest absolute Gasteiger partial charge is 0.350 e. The summed E-state index contributed by atoms with van der Waals surface area (Å²) in [5.41, 5.74) is 4.57. The van der Waals surface area contributed by atoms with Gasteiger partial charge in [-0.25, -0.2) is 0 Å². The maximum atomic E-state index is 4.82. The van der Waals surface area contributed by atoms with Crippen LogP contribution in [0.4, 0.5) is 5.82 Å². The van der Waals surface area contributed by atoms with Gasteiger partial charge in [-0.1, -0.05) is 28.1 Å². The molecular weight excluding hydrogens is 398 g/mol. The van der Waals surface area contributed by atoms with Crippen molar-refractivity contribution < 1.29 is 0 Å². The number of aromatic nitrogens is 4. The highest BCUT2D eigenvalue weighted by atomic mass is 79.9. The molecule has 0 saturated carbocycles. The molecule has 5 nitrogen and oxygen atoms in total. The molecule has 0 spiro atoms. The predicted molar refractivity (Wildman–Crippen MR) is 103 cm³/mol. The number of rotatable bonds is 2. The van der Waals surface area contributed by atoms with Crippen LogP contribution in [0.15, 0.2) is 51.6 Å². The summed E-state index contributed by atoms with van der Waals surface area (Å²) in [5, 5.41) is 17.5. The van der Waals surface area contributed by atoms with Gasteiger partial charge in [0.1, 0.15) is 5.82 Å². The molecule has 1 aromatic carbocycles. The third-order valence-corrected chi connectivity index (χ3v) is 5.99. The average molecular weight is 412 g/mol. The fraction of sp³-hybridized carbons (Fsp3) is 0.167. The Morgan fingerprint density at radius 1 is 1.08 bits per heavy atom. The van der Waals surface area contributed by atoms with Crippen molar-refractivity contribution in [1.82, 2.24) is 19.8 Å². The van der Waals surface area contributed by atoms with Crippen LogP contribution in [-0.2, 0) is 13.0 Å². The van der Waals surface area contributed by atoms with Gasteiger partial charge in [-0.3, -0.25) is 0 Å². The van der Waals surface area contributed by atoms with Crippen LogP contribution < -0.4 is 4.90 Å². The number of halogens is 1. The fourth-order valence-electron chi connectivity index (χ4n) is 3.26. The van der Waals surface area contributed by atoms with Crippen LogP contribution in [0.3, 0.4) is 0 Å². The van der Waals surface area contributed by atoms with Gasteiger partial charge in [0.05, 0.1) is 0 Å². The molecule has 0 unspecified atom stereocenters. The van der Waals surface area contributed by atoms with E-state index in [1.165, 1.54) is 15.6 Å². The van der Waals surface area contributed by atoms with Gasteiger partial charge in [0.15, 0.2) is 11.5 Å². The van der Waals surface area contributed by atoms with Gasteiger partial charge in [-0.15, -0.1) is 15.3 Å². The summed E-state index contributed by atoms with van der Waals surface area (Å²) in [6, 6.07) is 12.5. The Kier molecular flexibility index (Phi) is 3.57. The summed E-state index contributed by atoms with van der Waals surface area (Å²) in [6.45, 7) is 1.81. The lowest BCUT2D eigenvalue weighted by Gasteiger charge is -2.30. The van der Waals surface area contributed by atoms with Crippen molar-refractivity contribution in [2.75, 3.05) is 11.4 Å². The van der Waals surface area contributed by atoms with Gasteiger partial charge in [0, 0.05) is 28.5 Å². The molecule has 7 heteroatoms. The normalized spacial score (nSPS) is 14.0. The molecule has 124 valence electrons. The second-order valence-electron chi connectivity index (χ2n) is 6.05. The average Bonchev–Trinajstić information content (AvgIpc) is 3.30. The third kappa shape index (κ3) is 2.54. The Balaban J connectivity index is 1.56. The monoisotopic (exact) mass is 411 g/mol. The van der Waals surface area contributed by atoms with Crippen LogP contribution in [0.2, 0.25) is 0 Å². The van der Waals surface area contributed by atoms with Crippen LogP contribution in [-0.4, -0.2) is 26.4 Å². The first-order valence-corrected chi connectivity index (χ1v) is 9.79. The van der Waals surface area contributed by atoms with E-state index >= 15 is 0 Å². The van der Waals surface area contributed by atoms with Gasteiger partial charge >= 0.3 is 0 Å². The van der Waals surface area contributed by atoms with Crippen LogP contribution in [0.25, 0.3) is 17.0 Å². The van der Waals surface area contributed by atoms with E-state index in [1.54, 1.807) is 11.3 Å². The van der Waals surface area contributed by atoms with E-state index in [9.17, 15) is 0 Å². The molecule has 1 aliphatic rings. The molecule has 0 radical (unpaired) electrons. The van der Waals surface area contributed by atoms with Crippen molar-refractivity contribution in [1.29, 1.82) is 0 Å².